The van der Waals surface area contributed by atoms with Crippen molar-refractivity contribution in [3.05, 3.63) is 0 Å². The third-order valence-electron chi connectivity index (χ3n) is 1.82. The number of nitrogens with two attached hydrogens (primary N) is 1. The van der Waals surface area contributed by atoms with Crippen molar-refractivity contribution in [2.45, 2.75) is 18.9 Å². The zero-order valence-corrected chi connectivity index (χ0v) is 7.80. The number of hydrogen-bond donors (Lipinski definition) is 2. The average molecular weight is 187 g/mol. The molecule has 0 saturated heterocycles. The van der Waals surface area contributed by atoms with Crippen LogP contribution in [-0.2, 0) is 0 Å². The number of halogens is 2. The van der Waals surface area contributed by atoms with E-state index < -0.39 is 0 Å². The fourth-order valence-corrected chi connectivity index (χ4v) is 1.04. The third-order valence-corrected chi connectivity index (χ3v) is 1.82. The van der Waals surface area contributed by atoms with E-state index in [1.165, 1.54) is 12.8 Å². The molecule has 1 fully saturated rings. The van der Waals surface area contributed by atoms with Crippen LogP contribution >= 0.6 is 24.8 Å². The van der Waals surface area contributed by atoms with Gasteiger partial charge in [-0.1, -0.05) is 0 Å². The molecule has 1 saturated carbocycles. The van der Waals surface area contributed by atoms with Crippen molar-refractivity contribution in [2.75, 3.05) is 13.6 Å². The summed E-state index contributed by atoms with van der Waals surface area (Å²) >= 11 is 0. The first-order valence-electron chi connectivity index (χ1n) is 3.26. The molecule has 0 amide bonds. The first kappa shape index (κ1) is 13.1. The third kappa shape index (κ3) is 3.62. The van der Waals surface area contributed by atoms with E-state index in [0.717, 1.165) is 12.5 Å². The molecular formula is C6H16Cl2N2. The maximum atomic E-state index is 5.46. The van der Waals surface area contributed by atoms with Crippen LogP contribution in [0.25, 0.3) is 0 Å². The highest BCUT2D eigenvalue weighted by molar-refractivity contribution is 5.85. The number of nitrogens with one attached hydrogen (secondary N) is 1. The van der Waals surface area contributed by atoms with Crippen LogP contribution in [0.4, 0.5) is 0 Å². The van der Waals surface area contributed by atoms with Crippen molar-refractivity contribution in [1.29, 1.82) is 0 Å². The molecule has 0 aromatic heterocycles. The van der Waals surface area contributed by atoms with Crippen LogP contribution in [0.1, 0.15) is 12.8 Å². The molecule has 3 N–H and O–H groups in total. The molecule has 0 aliphatic heterocycles. The number of likely N-dealkylation sites (N-methyl/N-ethyl adjacent to an activating group) is 1. The van der Waals surface area contributed by atoms with Gasteiger partial charge in [-0.05, 0) is 25.8 Å². The fourth-order valence-electron chi connectivity index (χ4n) is 1.04. The van der Waals surface area contributed by atoms with Crippen LogP contribution < -0.4 is 11.1 Å². The lowest BCUT2D eigenvalue weighted by atomic mass is 10.2. The second kappa shape index (κ2) is 6.23. The minimum Gasteiger partial charge on any atom is -0.329 e. The van der Waals surface area contributed by atoms with Gasteiger partial charge in [-0.15, -0.1) is 24.8 Å². The van der Waals surface area contributed by atoms with Gasteiger partial charge in [-0.25, -0.2) is 0 Å². The van der Waals surface area contributed by atoms with Crippen molar-refractivity contribution in [3.63, 3.8) is 0 Å². The monoisotopic (exact) mass is 186 g/mol. The molecule has 4 heteroatoms. The second-order valence-corrected chi connectivity index (χ2v) is 2.47. The largest absolute Gasteiger partial charge is 0.329 e. The summed E-state index contributed by atoms with van der Waals surface area (Å²) in [6.45, 7) is 0.793. The summed E-state index contributed by atoms with van der Waals surface area (Å²) < 4.78 is 0. The quantitative estimate of drug-likeness (QED) is 0.685. The number of rotatable bonds is 3. The van der Waals surface area contributed by atoms with E-state index in [9.17, 15) is 0 Å². The zero-order valence-electron chi connectivity index (χ0n) is 6.17. The van der Waals surface area contributed by atoms with Crippen LogP contribution in [0.3, 0.4) is 0 Å². The highest BCUT2D eigenvalue weighted by Gasteiger charge is 2.28. The van der Waals surface area contributed by atoms with Gasteiger partial charge in [0.1, 0.15) is 0 Å². The van der Waals surface area contributed by atoms with Gasteiger partial charge in [0, 0.05) is 12.6 Å². The molecule has 1 atom stereocenters. The Morgan fingerprint density at radius 1 is 1.50 bits per heavy atom. The minimum atomic E-state index is 0. The summed E-state index contributed by atoms with van der Waals surface area (Å²) in [6.07, 6.45) is 2.76. The van der Waals surface area contributed by atoms with E-state index in [1.54, 1.807) is 0 Å². The van der Waals surface area contributed by atoms with Gasteiger partial charge < -0.3 is 11.1 Å². The highest BCUT2D eigenvalue weighted by atomic mass is 35.5. The predicted octanol–water partition coefficient (Wildman–Crippen LogP) is 0.787. The van der Waals surface area contributed by atoms with E-state index in [2.05, 4.69) is 5.32 Å². The van der Waals surface area contributed by atoms with Gasteiger partial charge in [-0.3, -0.25) is 0 Å². The van der Waals surface area contributed by atoms with E-state index in [1.807, 2.05) is 7.05 Å². The van der Waals surface area contributed by atoms with Crippen LogP contribution in [0.15, 0.2) is 0 Å². The van der Waals surface area contributed by atoms with Crippen LogP contribution in [0.2, 0.25) is 0 Å². The second-order valence-electron chi connectivity index (χ2n) is 2.47. The lowest BCUT2D eigenvalue weighted by Gasteiger charge is -2.10. The SMILES string of the molecule is CNC(CN)C1CC1.Cl.Cl. The molecule has 10 heavy (non-hydrogen) atoms. The van der Waals surface area contributed by atoms with Gasteiger partial charge in [0.25, 0.3) is 0 Å². The molecule has 64 valence electrons. The average Bonchev–Trinajstić information content (AvgIpc) is 2.53. The molecule has 0 bridgehead atoms. The van der Waals surface area contributed by atoms with Crippen LogP contribution in [0.5, 0.6) is 0 Å². The van der Waals surface area contributed by atoms with Crippen molar-refractivity contribution < 1.29 is 0 Å². The molecule has 1 aliphatic carbocycles. The van der Waals surface area contributed by atoms with Crippen molar-refractivity contribution in [1.82, 2.24) is 5.32 Å². The maximum absolute atomic E-state index is 5.46. The van der Waals surface area contributed by atoms with Crippen molar-refractivity contribution in [3.8, 4) is 0 Å². The Kier molecular flexibility index (Phi) is 8.17. The first-order chi connectivity index (χ1) is 3.88. The lowest BCUT2D eigenvalue weighted by Crippen LogP contribution is -2.34. The maximum Gasteiger partial charge on any atom is 0.0215 e. The Labute approximate surface area is 74.8 Å². The zero-order chi connectivity index (χ0) is 5.98. The topological polar surface area (TPSA) is 38.0 Å². The highest BCUT2D eigenvalue weighted by Crippen LogP contribution is 2.31. The Morgan fingerprint density at radius 3 is 2.10 bits per heavy atom. The molecule has 1 rings (SSSR count). The molecule has 2 nitrogen and oxygen atoms in total. The summed E-state index contributed by atoms with van der Waals surface area (Å²) in [5.41, 5.74) is 5.46. The normalized spacial score (nSPS) is 18.6. The Bertz CT molecular complexity index is 72.1. The predicted molar refractivity (Wildman–Crippen MR) is 49.1 cm³/mol. The van der Waals surface area contributed by atoms with Crippen molar-refractivity contribution >= 4 is 24.8 Å². The van der Waals surface area contributed by atoms with Crippen LogP contribution in [-0.4, -0.2) is 19.6 Å². The first-order valence-corrected chi connectivity index (χ1v) is 3.26. The Balaban J connectivity index is 0. The molecular weight excluding hydrogens is 171 g/mol. The molecule has 0 aromatic carbocycles. The Hall–Kier alpha value is 0.500. The number of hydrogen-bond acceptors (Lipinski definition) is 2. The fraction of sp³-hybridized carbons (Fsp3) is 1.00. The van der Waals surface area contributed by atoms with Gasteiger partial charge in [0.05, 0.1) is 0 Å². The summed E-state index contributed by atoms with van der Waals surface area (Å²) in [5, 5.41) is 3.19. The molecule has 1 unspecified atom stereocenters. The summed E-state index contributed by atoms with van der Waals surface area (Å²) in [7, 11) is 1.98. The minimum absolute atomic E-state index is 0. The van der Waals surface area contributed by atoms with Gasteiger partial charge in [0.2, 0.25) is 0 Å². The molecule has 0 aromatic rings. The summed E-state index contributed by atoms with van der Waals surface area (Å²) in [4.78, 5) is 0. The molecule has 1 aliphatic rings. The van der Waals surface area contributed by atoms with E-state index in [4.69, 9.17) is 5.73 Å². The van der Waals surface area contributed by atoms with E-state index >= 15 is 0 Å². The molecule has 0 radical (unpaired) electrons. The van der Waals surface area contributed by atoms with Crippen molar-refractivity contribution in [2.24, 2.45) is 11.7 Å². The van der Waals surface area contributed by atoms with Gasteiger partial charge in [-0.2, -0.15) is 0 Å². The van der Waals surface area contributed by atoms with E-state index in [0.29, 0.717) is 6.04 Å². The summed E-state index contributed by atoms with van der Waals surface area (Å²) in [6, 6.07) is 0.593. The molecule has 0 heterocycles. The lowest BCUT2D eigenvalue weighted by molar-refractivity contribution is 0.512. The smallest absolute Gasteiger partial charge is 0.0215 e. The van der Waals surface area contributed by atoms with Gasteiger partial charge >= 0.3 is 0 Å². The van der Waals surface area contributed by atoms with Crippen LogP contribution in [0, 0.1) is 5.92 Å². The van der Waals surface area contributed by atoms with Gasteiger partial charge in [0.15, 0.2) is 0 Å². The standard InChI is InChI=1S/C6H14N2.2ClH/c1-8-6(4-7)5-2-3-5;;/h5-6,8H,2-4,7H2,1H3;2*1H. The molecule has 0 spiro atoms. The summed E-state index contributed by atoms with van der Waals surface area (Å²) in [5.74, 6) is 0.894. The Morgan fingerprint density at radius 2 is 2.00 bits per heavy atom. The van der Waals surface area contributed by atoms with E-state index in [-0.39, 0.29) is 24.8 Å².